The number of fused-ring (bicyclic) bond motifs is 1. The van der Waals surface area contributed by atoms with E-state index < -0.39 is 5.60 Å². The molecule has 2 heterocycles. The summed E-state index contributed by atoms with van der Waals surface area (Å²) in [5.74, 6) is 0.609. The fourth-order valence-electron chi connectivity index (χ4n) is 7.25. The predicted molar refractivity (Wildman–Crippen MR) is 175 cm³/mol. The number of benzene rings is 1. The molecule has 10 nitrogen and oxygen atoms in total. The Morgan fingerprint density at radius 2 is 1.89 bits per heavy atom. The second-order valence-corrected chi connectivity index (χ2v) is 13.9. The molecule has 45 heavy (non-hydrogen) atoms. The summed E-state index contributed by atoms with van der Waals surface area (Å²) >= 11 is 0. The zero-order valence-corrected chi connectivity index (χ0v) is 27.8. The molecule has 2 N–H and O–H groups in total. The highest BCUT2D eigenvalue weighted by Gasteiger charge is 2.43. The van der Waals surface area contributed by atoms with Crippen LogP contribution in [-0.2, 0) is 23.9 Å². The van der Waals surface area contributed by atoms with Crippen molar-refractivity contribution >= 4 is 29.1 Å². The first-order valence-electron chi connectivity index (χ1n) is 17.3. The topological polar surface area (TPSA) is 109 Å². The Labute approximate surface area is 268 Å². The first kappa shape index (κ1) is 33.7. The monoisotopic (exact) mass is 626 g/mol. The molecule has 2 aliphatic carbocycles. The van der Waals surface area contributed by atoms with Crippen LogP contribution in [0.4, 0.5) is 11.4 Å². The quantitative estimate of drug-likeness (QED) is 0.294. The minimum absolute atomic E-state index is 0.00294. The van der Waals surface area contributed by atoms with Crippen LogP contribution in [0.15, 0.2) is 18.2 Å². The summed E-state index contributed by atoms with van der Waals surface area (Å²) < 4.78 is 17.1. The van der Waals surface area contributed by atoms with Crippen molar-refractivity contribution in [1.82, 2.24) is 10.6 Å². The van der Waals surface area contributed by atoms with E-state index in [0.717, 1.165) is 24.9 Å². The minimum Gasteiger partial charge on any atom is -0.476 e. The Bertz CT molecular complexity index is 1180. The minimum atomic E-state index is -0.977. The van der Waals surface area contributed by atoms with Gasteiger partial charge in [-0.25, -0.2) is 0 Å². The number of carbonyl (C=O) groups excluding carboxylic acids is 3. The first-order valence-corrected chi connectivity index (χ1v) is 17.3. The molecule has 3 fully saturated rings. The second kappa shape index (κ2) is 15.3. The van der Waals surface area contributed by atoms with Gasteiger partial charge in [-0.2, -0.15) is 0 Å². The molecular formula is C35H54N4O6. The van der Waals surface area contributed by atoms with Crippen LogP contribution in [0.2, 0.25) is 0 Å². The van der Waals surface area contributed by atoms with Crippen LogP contribution in [0.3, 0.4) is 0 Å². The van der Waals surface area contributed by atoms with Gasteiger partial charge in [0.1, 0.15) is 5.75 Å². The number of hydrogen-bond donors (Lipinski definition) is 2. The molecule has 2 saturated carbocycles. The van der Waals surface area contributed by atoms with Crippen molar-refractivity contribution in [2.75, 3.05) is 56.4 Å². The van der Waals surface area contributed by atoms with Crippen molar-refractivity contribution in [3.8, 4) is 5.75 Å². The molecule has 0 aromatic heterocycles. The Kier molecular flexibility index (Phi) is 11.4. The van der Waals surface area contributed by atoms with Crippen LogP contribution in [0, 0.1) is 17.8 Å². The van der Waals surface area contributed by atoms with Crippen LogP contribution in [0.5, 0.6) is 5.75 Å². The molecule has 250 valence electrons. The van der Waals surface area contributed by atoms with Gasteiger partial charge >= 0.3 is 0 Å². The van der Waals surface area contributed by atoms with Gasteiger partial charge in [-0.1, -0.05) is 32.1 Å². The predicted octanol–water partition coefficient (Wildman–Crippen LogP) is 4.44. The van der Waals surface area contributed by atoms with Gasteiger partial charge < -0.3 is 34.6 Å². The van der Waals surface area contributed by atoms with Gasteiger partial charge in [-0.05, 0) is 77.0 Å². The number of methoxy groups -OCH3 is 1. The molecule has 5 rings (SSSR count). The average molecular weight is 627 g/mol. The van der Waals surface area contributed by atoms with E-state index in [1.165, 1.54) is 32.1 Å². The largest absolute Gasteiger partial charge is 0.476 e. The Morgan fingerprint density at radius 3 is 2.60 bits per heavy atom. The maximum atomic E-state index is 14.2. The van der Waals surface area contributed by atoms with E-state index >= 15 is 0 Å². The van der Waals surface area contributed by atoms with Gasteiger partial charge in [0, 0.05) is 51.7 Å². The van der Waals surface area contributed by atoms with E-state index in [9.17, 15) is 14.4 Å². The molecule has 0 bridgehead atoms. The maximum absolute atomic E-state index is 14.2. The van der Waals surface area contributed by atoms with E-state index in [1.807, 2.05) is 30.0 Å². The fraction of sp³-hybridized carbons (Fsp3) is 0.743. The van der Waals surface area contributed by atoms with Gasteiger partial charge in [0.2, 0.25) is 11.8 Å². The number of ether oxygens (including phenoxy) is 3. The highest BCUT2D eigenvalue weighted by atomic mass is 16.5. The number of nitrogens with one attached hydrogen (secondary N) is 2. The summed E-state index contributed by atoms with van der Waals surface area (Å²) in [5, 5.41) is 6.69. The van der Waals surface area contributed by atoms with Crippen LogP contribution in [-0.4, -0.2) is 82.0 Å². The van der Waals surface area contributed by atoms with Gasteiger partial charge in [-0.15, -0.1) is 0 Å². The standard InChI is InChI=1S/C35H54N4O6/c1-5-44-23-27(18-24-10-7-6-8-11-24)37-32(40)25-19-26(22-36-21-25)33(41)39(28-12-13-28)29-14-15-31-30(20-29)38(16-9-17-43-4)34(42)35(2,3)45-31/h14-15,20,24-28,36H,5-13,16-19,21-23H2,1-4H3,(H,37,40)/t25-,26+,27+/m0/s1. The van der Waals surface area contributed by atoms with E-state index in [4.69, 9.17) is 14.2 Å². The van der Waals surface area contributed by atoms with Gasteiger partial charge in [0.05, 0.1) is 30.2 Å². The van der Waals surface area contributed by atoms with Crippen LogP contribution < -0.4 is 25.2 Å². The van der Waals surface area contributed by atoms with Crippen molar-refractivity contribution in [3.05, 3.63) is 18.2 Å². The molecular weight excluding hydrogens is 572 g/mol. The first-order chi connectivity index (χ1) is 21.7. The SMILES string of the molecule is CCOC[C@@H](CC1CCCCC1)NC(=O)[C@@H]1CNC[C@H](C(=O)N(c2ccc3c(c2)N(CCCOC)C(=O)C(C)(C)O3)C2CC2)C1. The fourth-order valence-corrected chi connectivity index (χ4v) is 7.25. The van der Waals surface area contributed by atoms with Crippen molar-refractivity contribution in [1.29, 1.82) is 0 Å². The number of anilines is 2. The van der Waals surface area contributed by atoms with E-state index in [-0.39, 0.29) is 41.6 Å². The molecule has 1 aromatic carbocycles. The van der Waals surface area contributed by atoms with Crippen molar-refractivity contribution in [3.63, 3.8) is 0 Å². The van der Waals surface area contributed by atoms with Gasteiger partial charge in [0.25, 0.3) is 5.91 Å². The number of hydrogen-bond acceptors (Lipinski definition) is 7. The molecule has 1 aromatic rings. The number of amides is 3. The summed E-state index contributed by atoms with van der Waals surface area (Å²) in [5.41, 5.74) is 0.475. The summed E-state index contributed by atoms with van der Waals surface area (Å²) in [6, 6.07) is 5.85. The molecule has 10 heteroatoms. The lowest BCUT2D eigenvalue weighted by Gasteiger charge is -2.40. The molecule has 3 amide bonds. The summed E-state index contributed by atoms with van der Waals surface area (Å²) in [6.45, 7) is 8.86. The average Bonchev–Trinajstić information content (AvgIpc) is 3.88. The van der Waals surface area contributed by atoms with Gasteiger partial charge in [0.15, 0.2) is 5.60 Å². The Balaban J connectivity index is 1.28. The molecule has 0 radical (unpaired) electrons. The van der Waals surface area contributed by atoms with Crippen LogP contribution >= 0.6 is 0 Å². The molecule has 2 aliphatic heterocycles. The zero-order valence-electron chi connectivity index (χ0n) is 27.8. The normalized spacial score (nSPS) is 24.0. The lowest BCUT2D eigenvalue weighted by Crippen LogP contribution is -2.53. The molecule has 3 atom stereocenters. The van der Waals surface area contributed by atoms with E-state index in [0.29, 0.717) is 69.7 Å². The van der Waals surface area contributed by atoms with E-state index in [1.54, 1.807) is 25.9 Å². The molecule has 0 spiro atoms. The van der Waals surface area contributed by atoms with Crippen LogP contribution in [0.1, 0.15) is 85.0 Å². The maximum Gasteiger partial charge on any atom is 0.270 e. The molecule has 0 unspecified atom stereocenters. The zero-order chi connectivity index (χ0) is 32.0. The number of piperidine rings is 1. The third-order valence-corrected chi connectivity index (χ3v) is 9.80. The lowest BCUT2D eigenvalue weighted by molar-refractivity contribution is -0.132. The van der Waals surface area contributed by atoms with Crippen molar-refractivity contribution in [2.24, 2.45) is 17.8 Å². The Hall–Kier alpha value is -2.69. The third-order valence-electron chi connectivity index (χ3n) is 9.80. The van der Waals surface area contributed by atoms with Crippen molar-refractivity contribution < 1.29 is 28.6 Å². The second-order valence-electron chi connectivity index (χ2n) is 13.9. The Morgan fingerprint density at radius 1 is 1.13 bits per heavy atom. The summed E-state index contributed by atoms with van der Waals surface area (Å²) in [7, 11) is 1.65. The van der Waals surface area contributed by atoms with E-state index in [2.05, 4.69) is 10.6 Å². The highest BCUT2D eigenvalue weighted by molar-refractivity contribution is 6.04. The van der Waals surface area contributed by atoms with Crippen LogP contribution in [0.25, 0.3) is 0 Å². The lowest BCUT2D eigenvalue weighted by atomic mass is 9.84. The number of nitrogens with zero attached hydrogens (tertiary/aromatic N) is 2. The van der Waals surface area contributed by atoms with Crippen molar-refractivity contribution in [2.45, 2.75) is 103 Å². The third kappa shape index (κ3) is 8.37. The smallest absolute Gasteiger partial charge is 0.270 e. The number of rotatable bonds is 14. The highest BCUT2D eigenvalue weighted by Crippen LogP contribution is 2.43. The summed E-state index contributed by atoms with van der Waals surface area (Å²) in [4.78, 5) is 44.8. The molecule has 1 saturated heterocycles. The summed E-state index contributed by atoms with van der Waals surface area (Å²) in [6.07, 6.45) is 10.3. The number of carbonyl (C=O) groups is 3. The van der Waals surface area contributed by atoms with Gasteiger partial charge in [-0.3, -0.25) is 14.4 Å². The molecule has 4 aliphatic rings.